The molecule has 2 aromatic carbocycles. The molecule has 3 amide bonds. The van der Waals surface area contributed by atoms with E-state index in [1.165, 1.54) is 7.11 Å². The molecule has 0 radical (unpaired) electrons. The normalized spacial score (nSPS) is 15.6. The molecule has 1 atom stereocenters. The topological polar surface area (TPSA) is 114 Å². The Morgan fingerprint density at radius 1 is 1.03 bits per heavy atom. The van der Waals surface area contributed by atoms with Gasteiger partial charge in [-0.05, 0) is 47.4 Å². The molecule has 2 aromatic rings. The van der Waals surface area contributed by atoms with Crippen molar-refractivity contribution in [3.05, 3.63) is 59.7 Å². The number of esters is 1. The highest BCUT2D eigenvalue weighted by Crippen LogP contribution is 2.23. The Labute approximate surface area is 198 Å². The number of carbonyl (C=O) groups is 4. The van der Waals surface area contributed by atoms with Crippen LogP contribution in [0.25, 0.3) is 0 Å². The van der Waals surface area contributed by atoms with E-state index in [9.17, 15) is 19.2 Å². The summed E-state index contributed by atoms with van der Waals surface area (Å²) in [6.07, 6.45) is -0.109. The van der Waals surface area contributed by atoms with Gasteiger partial charge in [0.2, 0.25) is 5.91 Å². The van der Waals surface area contributed by atoms with Gasteiger partial charge in [0, 0.05) is 17.7 Å². The zero-order chi connectivity index (χ0) is 24.9. The van der Waals surface area contributed by atoms with Crippen molar-refractivity contribution < 1.29 is 28.7 Å². The molecule has 9 heteroatoms. The number of amides is 3. The van der Waals surface area contributed by atoms with Gasteiger partial charge in [-0.2, -0.15) is 0 Å². The Kier molecular flexibility index (Phi) is 7.55. The molecular weight excluding hydrogens is 438 g/mol. The second-order valence-electron chi connectivity index (χ2n) is 9.06. The average Bonchev–Trinajstić information content (AvgIpc) is 3.17. The van der Waals surface area contributed by atoms with Gasteiger partial charge in [-0.1, -0.05) is 32.9 Å². The Balaban J connectivity index is 1.47. The fourth-order valence-corrected chi connectivity index (χ4v) is 3.41. The zero-order valence-corrected chi connectivity index (χ0v) is 19.7. The molecule has 1 aliphatic rings. The van der Waals surface area contributed by atoms with Crippen LogP contribution in [0.15, 0.2) is 48.5 Å². The lowest BCUT2D eigenvalue weighted by molar-refractivity contribution is -0.151. The van der Waals surface area contributed by atoms with E-state index >= 15 is 0 Å². The Hall–Kier alpha value is -3.88. The smallest absolute Gasteiger partial charge is 0.311 e. The molecule has 0 aromatic heterocycles. The van der Waals surface area contributed by atoms with E-state index in [0.29, 0.717) is 17.0 Å². The lowest BCUT2D eigenvalue weighted by Gasteiger charge is -2.20. The molecule has 0 saturated carbocycles. The molecule has 9 nitrogen and oxygen atoms in total. The second-order valence-corrected chi connectivity index (χ2v) is 9.06. The van der Waals surface area contributed by atoms with Gasteiger partial charge in [-0.15, -0.1) is 0 Å². The van der Waals surface area contributed by atoms with Gasteiger partial charge in [0.25, 0.3) is 11.8 Å². The van der Waals surface area contributed by atoms with Gasteiger partial charge in [-0.25, -0.2) is 0 Å². The molecule has 1 aliphatic heterocycles. The van der Waals surface area contributed by atoms with Crippen LogP contribution in [0.1, 0.15) is 43.1 Å². The largest absolute Gasteiger partial charge is 0.497 e. The maximum Gasteiger partial charge on any atom is 0.311 e. The third kappa shape index (κ3) is 6.34. The van der Waals surface area contributed by atoms with Gasteiger partial charge < -0.3 is 14.8 Å². The molecule has 1 heterocycles. The number of nitrogens with one attached hydrogen (secondary N) is 2. The van der Waals surface area contributed by atoms with Crippen molar-refractivity contribution in [1.82, 2.24) is 10.4 Å². The van der Waals surface area contributed by atoms with Gasteiger partial charge in [0.1, 0.15) is 5.75 Å². The standard InChI is InChI=1S/C25H29N3O6/c1-25(2,3)18-7-5-16(6-8-18)23(31)27-28-14-17(13-22(28)30)24(32)34-15-21(29)26-19-9-11-20(33-4)12-10-19/h5-12,17H,13-15H2,1-4H3,(H,26,29)(H,27,31)/t17-/m0/s1. The zero-order valence-electron chi connectivity index (χ0n) is 19.7. The molecule has 0 bridgehead atoms. The highest BCUT2D eigenvalue weighted by Gasteiger charge is 2.36. The number of nitrogens with zero attached hydrogens (tertiary/aromatic N) is 1. The van der Waals surface area contributed by atoms with Crippen LogP contribution in [0, 0.1) is 5.92 Å². The number of benzene rings is 2. The van der Waals surface area contributed by atoms with Crippen molar-refractivity contribution >= 4 is 29.4 Å². The first-order chi connectivity index (χ1) is 16.1. The minimum atomic E-state index is -0.773. The van der Waals surface area contributed by atoms with E-state index in [0.717, 1.165) is 10.6 Å². The molecule has 0 aliphatic carbocycles. The monoisotopic (exact) mass is 467 g/mol. The highest BCUT2D eigenvalue weighted by atomic mass is 16.5. The van der Waals surface area contributed by atoms with Gasteiger partial charge in [0.05, 0.1) is 19.6 Å². The summed E-state index contributed by atoms with van der Waals surface area (Å²) in [5.74, 6) is -2.15. The molecule has 0 spiro atoms. The number of methoxy groups -OCH3 is 1. The van der Waals surface area contributed by atoms with Crippen molar-refractivity contribution in [2.24, 2.45) is 5.92 Å². The summed E-state index contributed by atoms with van der Waals surface area (Å²) >= 11 is 0. The summed E-state index contributed by atoms with van der Waals surface area (Å²) in [5, 5.41) is 3.72. The van der Waals surface area contributed by atoms with Crippen LogP contribution in [0.2, 0.25) is 0 Å². The summed E-state index contributed by atoms with van der Waals surface area (Å²) in [5.41, 5.74) is 4.52. The minimum Gasteiger partial charge on any atom is -0.497 e. The van der Waals surface area contributed by atoms with Crippen LogP contribution in [0.3, 0.4) is 0 Å². The predicted molar refractivity (Wildman–Crippen MR) is 125 cm³/mol. The van der Waals surface area contributed by atoms with Crippen molar-refractivity contribution in [2.45, 2.75) is 32.6 Å². The third-order valence-electron chi connectivity index (χ3n) is 5.43. The third-order valence-corrected chi connectivity index (χ3v) is 5.43. The van der Waals surface area contributed by atoms with E-state index in [4.69, 9.17) is 9.47 Å². The number of anilines is 1. The van der Waals surface area contributed by atoms with E-state index in [-0.39, 0.29) is 18.4 Å². The molecule has 2 N–H and O–H groups in total. The summed E-state index contributed by atoms with van der Waals surface area (Å²) in [4.78, 5) is 49.2. The Bertz CT molecular complexity index is 1060. The van der Waals surface area contributed by atoms with Crippen molar-refractivity contribution in [1.29, 1.82) is 0 Å². The van der Waals surface area contributed by atoms with E-state index in [1.54, 1.807) is 36.4 Å². The number of hydrogen-bond donors (Lipinski definition) is 2. The van der Waals surface area contributed by atoms with Gasteiger partial charge >= 0.3 is 5.97 Å². The molecule has 1 saturated heterocycles. The van der Waals surface area contributed by atoms with E-state index in [1.807, 2.05) is 12.1 Å². The molecule has 3 rings (SSSR count). The SMILES string of the molecule is COc1ccc(NC(=O)COC(=O)[C@H]2CC(=O)N(NC(=O)c3ccc(C(C)(C)C)cc3)C2)cc1. The number of rotatable bonds is 7. The van der Waals surface area contributed by atoms with E-state index in [2.05, 4.69) is 31.5 Å². The fourth-order valence-electron chi connectivity index (χ4n) is 3.41. The lowest BCUT2D eigenvalue weighted by Crippen LogP contribution is -2.43. The first-order valence-corrected chi connectivity index (χ1v) is 10.9. The first-order valence-electron chi connectivity index (χ1n) is 10.9. The van der Waals surface area contributed by atoms with Crippen molar-refractivity contribution in [3.63, 3.8) is 0 Å². The Morgan fingerprint density at radius 3 is 2.26 bits per heavy atom. The van der Waals surface area contributed by atoms with Crippen molar-refractivity contribution in [3.8, 4) is 5.75 Å². The second kappa shape index (κ2) is 10.4. The van der Waals surface area contributed by atoms with Crippen LogP contribution in [-0.2, 0) is 24.5 Å². The summed E-state index contributed by atoms with van der Waals surface area (Å²) < 4.78 is 10.1. The van der Waals surface area contributed by atoms with Crippen LogP contribution in [0.5, 0.6) is 5.75 Å². The maximum atomic E-state index is 12.5. The predicted octanol–water partition coefficient (Wildman–Crippen LogP) is 2.67. The van der Waals surface area contributed by atoms with Crippen LogP contribution in [-0.4, -0.2) is 49.0 Å². The molecule has 34 heavy (non-hydrogen) atoms. The van der Waals surface area contributed by atoms with Crippen molar-refractivity contribution in [2.75, 3.05) is 25.6 Å². The van der Waals surface area contributed by atoms with E-state index < -0.39 is 36.2 Å². The lowest BCUT2D eigenvalue weighted by atomic mass is 9.87. The molecule has 180 valence electrons. The first kappa shape index (κ1) is 24.8. The molecule has 0 unspecified atom stereocenters. The summed E-state index contributed by atoms with van der Waals surface area (Å²) in [6.45, 7) is 5.72. The highest BCUT2D eigenvalue weighted by molar-refractivity contribution is 5.97. The van der Waals surface area contributed by atoms with Crippen LogP contribution >= 0.6 is 0 Å². The summed E-state index contributed by atoms with van der Waals surface area (Å²) in [7, 11) is 1.54. The van der Waals surface area contributed by atoms with Gasteiger partial charge in [0.15, 0.2) is 6.61 Å². The average molecular weight is 468 g/mol. The fraction of sp³-hybridized carbons (Fsp3) is 0.360. The summed E-state index contributed by atoms with van der Waals surface area (Å²) in [6, 6.07) is 13.8. The number of hydrazine groups is 1. The maximum absolute atomic E-state index is 12.5. The Morgan fingerprint density at radius 2 is 1.68 bits per heavy atom. The molecular formula is C25H29N3O6. The van der Waals surface area contributed by atoms with Gasteiger partial charge in [-0.3, -0.25) is 29.6 Å². The number of carbonyl (C=O) groups excluding carboxylic acids is 4. The van der Waals surface area contributed by atoms with Crippen LogP contribution in [0.4, 0.5) is 5.69 Å². The molecule has 1 fully saturated rings. The quantitative estimate of drug-likeness (QED) is 0.605. The number of hydrogen-bond acceptors (Lipinski definition) is 6. The number of ether oxygens (including phenoxy) is 2. The van der Waals surface area contributed by atoms with Crippen LogP contribution < -0.4 is 15.5 Å². The minimum absolute atomic E-state index is 0.0242.